The first kappa shape index (κ1) is 13.7. The molecule has 2 N–H and O–H groups in total. The van der Waals surface area contributed by atoms with E-state index in [9.17, 15) is 9.90 Å². The molecule has 0 spiro atoms. The van der Waals surface area contributed by atoms with Gasteiger partial charge in [-0.3, -0.25) is 15.1 Å². The summed E-state index contributed by atoms with van der Waals surface area (Å²) in [6.07, 6.45) is 1.08. The molecule has 0 bridgehead atoms. The second-order valence-corrected chi connectivity index (χ2v) is 5.48. The molecule has 0 aliphatic carbocycles. The maximum Gasteiger partial charge on any atom is 0.257 e. The summed E-state index contributed by atoms with van der Waals surface area (Å²) >= 11 is 1.29. The predicted molar refractivity (Wildman–Crippen MR) is 82.4 cm³/mol. The molecule has 2 heterocycles. The average Bonchev–Trinajstić information content (AvgIpc) is 2.95. The Bertz CT molecular complexity index is 798. The minimum atomic E-state index is -0.640. The maximum absolute atomic E-state index is 12.2. The molecule has 1 amide bonds. The van der Waals surface area contributed by atoms with Gasteiger partial charge < -0.3 is 5.11 Å². The Labute approximate surface area is 125 Å². The summed E-state index contributed by atoms with van der Waals surface area (Å²) in [6.45, 7) is 1.64. The Morgan fingerprint density at radius 2 is 2.24 bits per heavy atom. The van der Waals surface area contributed by atoms with Crippen molar-refractivity contribution in [3.8, 4) is 0 Å². The molecule has 5 nitrogen and oxygen atoms in total. The van der Waals surface area contributed by atoms with E-state index >= 15 is 0 Å². The highest BCUT2D eigenvalue weighted by atomic mass is 32.1. The van der Waals surface area contributed by atoms with Gasteiger partial charge in [0.2, 0.25) is 0 Å². The number of anilines is 1. The molecule has 0 fully saturated rings. The van der Waals surface area contributed by atoms with E-state index in [0.717, 1.165) is 10.9 Å². The molecule has 106 valence electrons. The van der Waals surface area contributed by atoms with Crippen LogP contribution >= 0.6 is 11.3 Å². The monoisotopic (exact) mass is 299 g/mol. The van der Waals surface area contributed by atoms with Gasteiger partial charge in [-0.05, 0) is 31.2 Å². The summed E-state index contributed by atoms with van der Waals surface area (Å²) in [7, 11) is 0. The maximum atomic E-state index is 12.2. The highest BCUT2D eigenvalue weighted by molar-refractivity contribution is 7.14. The average molecular weight is 299 g/mol. The van der Waals surface area contributed by atoms with Crippen molar-refractivity contribution in [1.82, 2.24) is 9.97 Å². The zero-order valence-electron chi connectivity index (χ0n) is 11.3. The summed E-state index contributed by atoms with van der Waals surface area (Å²) in [4.78, 5) is 20.6. The molecule has 21 heavy (non-hydrogen) atoms. The van der Waals surface area contributed by atoms with E-state index in [4.69, 9.17) is 0 Å². The molecule has 0 radical (unpaired) electrons. The number of benzene rings is 1. The van der Waals surface area contributed by atoms with Crippen LogP contribution in [0, 0.1) is 0 Å². The molecule has 2 aromatic heterocycles. The van der Waals surface area contributed by atoms with Crippen molar-refractivity contribution >= 4 is 33.3 Å². The molecule has 6 heteroatoms. The largest absolute Gasteiger partial charge is 0.387 e. The number of amides is 1. The first-order valence-corrected chi connectivity index (χ1v) is 7.31. The Hall–Kier alpha value is -2.31. The van der Waals surface area contributed by atoms with Crippen LogP contribution in [-0.2, 0) is 0 Å². The van der Waals surface area contributed by atoms with E-state index in [2.05, 4.69) is 15.3 Å². The molecule has 1 atom stereocenters. The van der Waals surface area contributed by atoms with Crippen LogP contribution in [0.1, 0.15) is 29.1 Å². The topological polar surface area (TPSA) is 75.1 Å². The SMILES string of the molecule is CC(O)c1csc(NC(=O)c2ccc3ncccc3c2)n1. The van der Waals surface area contributed by atoms with Crippen molar-refractivity contribution in [1.29, 1.82) is 0 Å². The van der Waals surface area contributed by atoms with Crippen molar-refractivity contribution in [3.05, 3.63) is 53.2 Å². The van der Waals surface area contributed by atoms with Crippen LogP contribution in [-0.4, -0.2) is 21.0 Å². The third kappa shape index (κ3) is 2.91. The van der Waals surface area contributed by atoms with Gasteiger partial charge in [0.1, 0.15) is 0 Å². The van der Waals surface area contributed by atoms with E-state index in [1.807, 2.05) is 18.2 Å². The molecule has 1 aromatic carbocycles. The number of aliphatic hydroxyl groups is 1. The van der Waals surface area contributed by atoms with E-state index < -0.39 is 6.10 Å². The molecular weight excluding hydrogens is 286 g/mol. The summed E-state index contributed by atoms with van der Waals surface area (Å²) < 4.78 is 0. The molecule has 0 aliphatic heterocycles. The molecular formula is C15H13N3O2S. The standard InChI is InChI=1S/C15H13N3O2S/c1-9(19)13-8-21-15(17-13)18-14(20)11-4-5-12-10(7-11)3-2-6-16-12/h2-9,19H,1H3,(H,17,18,20). The fourth-order valence-electron chi connectivity index (χ4n) is 1.92. The van der Waals surface area contributed by atoms with Gasteiger partial charge in [-0.15, -0.1) is 11.3 Å². The van der Waals surface area contributed by atoms with E-state index in [1.54, 1.807) is 30.6 Å². The van der Waals surface area contributed by atoms with Crippen molar-refractivity contribution in [2.45, 2.75) is 13.0 Å². The summed E-state index contributed by atoms with van der Waals surface area (Å²) in [6, 6.07) is 9.08. The van der Waals surface area contributed by atoms with Crippen LogP contribution in [0.25, 0.3) is 10.9 Å². The van der Waals surface area contributed by atoms with Crippen molar-refractivity contribution in [2.75, 3.05) is 5.32 Å². The highest BCUT2D eigenvalue weighted by Crippen LogP contribution is 2.21. The lowest BCUT2D eigenvalue weighted by molar-refractivity contribution is 0.102. The van der Waals surface area contributed by atoms with Gasteiger partial charge in [0.15, 0.2) is 5.13 Å². The van der Waals surface area contributed by atoms with Gasteiger partial charge in [0.05, 0.1) is 17.3 Å². The number of carbonyl (C=O) groups is 1. The van der Waals surface area contributed by atoms with Gasteiger partial charge in [-0.25, -0.2) is 4.98 Å². The van der Waals surface area contributed by atoms with Crippen LogP contribution in [0.2, 0.25) is 0 Å². The Kier molecular flexibility index (Phi) is 3.64. The summed E-state index contributed by atoms with van der Waals surface area (Å²) in [5, 5.41) is 15.3. The van der Waals surface area contributed by atoms with Crippen LogP contribution in [0.5, 0.6) is 0 Å². The first-order valence-electron chi connectivity index (χ1n) is 6.43. The lowest BCUT2D eigenvalue weighted by Gasteiger charge is -2.03. The second-order valence-electron chi connectivity index (χ2n) is 4.62. The Balaban J connectivity index is 1.82. The minimum absolute atomic E-state index is 0.229. The van der Waals surface area contributed by atoms with E-state index in [-0.39, 0.29) is 5.91 Å². The number of fused-ring (bicyclic) bond motifs is 1. The number of aromatic nitrogens is 2. The fourth-order valence-corrected chi connectivity index (χ4v) is 2.71. The van der Waals surface area contributed by atoms with Crippen molar-refractivity contribution in [3.63, 3.8) is 0 Å². The smallest absolute Gasteiger partial charge is 0.257 e. The number of pyridine rings is 1. The predicted octanol–water partition coefficient (Wildman–Crippen LogP) is 3.00. The summed E-state index contributed by atoms with van der Waals surface area (Å²) in [5.74, 6) is -0.229. The number of nitrogens with one attached hydrogen (secondary N) is 1. The number of aliphatic hydroxyl groups excluding tert-OH is 1. The van der Waals surface area contributed by atoms with Crippen LogP contribution in [0.3, 0.4) is 0 Å². The quantitative estimate of drug-likeness (QED) is 0.779. The number of carbonyl (C=O) groups excluding carboxylic acids is 1. The zero-order valence-corrected chi connectivity index (χ0v) is 12.1. The molecule has 0 saturated carbocycles. The zero-order chi connectivity index (χ0) is 14.8. The fraction of sp³-hybridized carbons (Fsp3) is 0.133. The van der Waals surface area contributed by atoms with Gasteiger partial charge in [0.25, 0.3) is 5.91 Å². The number of thiazole rings is 1. The Morgan fingerprint density at radius 1 is 1.38 bits per heavy atom. The molecule has 0 aliphatic rings. The van der Waals surface area contributed by atoms with E-state index in [1.165, 1.54) is 11.3 Å². The second kappa shape index (κ2) is 5.59. The lowest BCUT2D eigenvalue weighted by atomic mass is 10.1. The summed E-state index contributed by atoms with van der Waals surface area (Å²) in [5.41, 5.74) is 1.95. The number of nitrogens with zero attached hydrogens (tertiary/aromatic N) is 2. The molecule has 0 saturated heterocycles. The van der Waals surface area contributed by atoms with Crippen LogP contribution in [0.15, 0.2) is 41.9 Å². The van der Waals surface area contributed by atoms with Gasteiger partial charge in [0, 0.05) is 22.5 Å². The molecule has 1 unspecified atom stereocenters. The normalized spacial score (nSPS) is 12.3. The highest BCUT2D eigenvalue weighted by Gasteiger charge is 2.11. The first-order chi connectivity index (χ1) is 10.1. The minimum Gasteiger partial charge on any atom is -0.387 e. The number of hydrogen-bond donors (Lipinski definition) is 2. The number of rotatable bonds is 3. The third-order valence-electron chi connectivity index (χ3n) is 3.04. The third-order valence-corrected chi connectivity index (χ3v) is 3.81. The van der Waals surface area contributed by atoms with Gasteiger partial charge in [-0.1, -0.05) is 6.07 Å². The molecule has 3 rings (SSSR count). The number of hydrogen-bond acceptors (Lipinski definition) is 5. The van der Waals surface area contributed by atoms with Crippen LogP contribution in [0.4, 0.5) is 5.13 Å². The van der Waals surface area contributed by atoms with Gasteiger partial charge >= 0.3 is 0 Å². The van der Waals surface area contributed by atoms with E-state index in [0.29, 0.717) is 16.4 Å². The molecule has 3 aromatic rings. The lowest BCUT2D eigenvalue weighted by Crippen LogP contribution is -2.11. The van der Waals surface area contributed by atoms with Crippen LogP contribution < -0.4 is 5.32 Å². The van der Waals surface area contributed by atoms with Crippen molar-refractivity contribution in [2.24, 2.45) is 0 Å². The Morgan fingerprint density at radius 3 is 3.00 bits per heavy atom. The van der Waals surface area contributed by atoms with Gasteiger partial charge in [-0.2, -0.15) is 0 Å². The van der Waals surface area contributed by atoms with Crippen molar-refractivity contribution < 1.29 is 9.90 Å².